The van der Waals surface area contributed by atoms with E-state index in [0.29, 0.717) is 6.54 Å². The highest BCUT2D eigenvalue weighted by atomic mass is 16.5. The first-order valence-electron chi connectivity index (χ1n) is 6.14. The lowest BCUT2D eigenvalue weighted by Crippen LogP contribution is -2.47. The van der Waals surface area contributed by atoms with Gasteiger partial charge in [-0.3, -0.25) is 4.79 Å². The van der Waals surface area contributed by atoms with Crippen LogP contribution in [0.15, 0.2) is 0 Å². The topological polar surface area (TPSA) is 55.6 Å². The van der Waals surface area contributed by atoms with E-state index < -0.39 is 6.04 Å². The van der Waals surface area contributed by atoms with Gasteiger partial charge in [-0.2, -0.15) is 0 Å². The van der Waals surface area contributed by atoms with E-state index in [0.717, 1.165) is 19.4 Å². The van der Waals surface area contributed by atoms with Gasteiger partial charge in [0.25, 0.3) is 0 Å². The molecule has 4 nitrogen and oxygen atoms in total. The first kappa shape index (κ1) is 13.5. The van der Waals surface area contributed by atoms with E-state index in [2.05, 4.69) is 0 Å². The van der Waals surface area contributed by atoms with Gasteiger partial charge in [0.15, 0.2) is 0 Å². The van der Waals surface area contributed by atoms with E-state index in [-0.39, 0.29) is 17.9 Å². The Balaban J connectivity index is 2.38. The summed E-state index contributed by atoms with van der Waals surface area (Å²) in [6.45, 7) is 5.42. The van der Waals surface area contributed by atoms with Gasteiger partial charge < -0.3 is 15.4 Å². The molecule has 94 valence electrons. The molecule has 0 aromatic rings. The average Bonchev–Trinajstić information content (AvgIpc) is 2.28. The predicted octanol–water partition coefficient (Wildman–Crippen LogP) is 0.997. The summed E-state index contributed by atoms with van der Waals surface area (Å²) in [5.41, 5.74) is 5.83. The normalized spacial score (nSPS) is 23.2. The number of rotatable bonds is 4. The Kier molecular flexibility index (Phi) is 5.22. The fourth-order valence-electron chi connectivity index (χ4n) is 1.89. The molecule has 2 N–H and O–H groups in total. The lowest BCUT2D eigenvalue weighted by atomic mass is 10.0. The van der Waals surface area contributed by atoms with Gasteiger partial charge in [0.2, 0.25) is 5.91 Å². The van der Waals surface area contributed by atoms with Gasteiger partial charge in [0, 0.05) is 20.2 Å². The third kappa shape index (κ3) is 3.76. The van der Waals surface area contributed by atoms with Crippen molar-refractivity contribution in [3.63, 3.8) is 0 Å². The predicted molar refractivity (Wildman–Crippen MR) is 64.0 cm³/mol. The van der Waals surface area contributed by atoms with Crippen LogP contribution >= 0.6 is 0 Å². The standard InChI is InChI=1S/C12H24N2O2/c1-9(2)11(13)12(15)14(3)8-10-6-4-5-7-16-10/h9-11H,4-8,13H2,1-3H3/t10?,11-/m0/s1. The highest BCUT2D eigenvalue weighted by molar-refractivity contribution is 5.81. The second-order valence-electron chi connectivity index (χ2n) is 4.98. The smallest absolute Gasteiger partial charge is 0.239 e. The summed E-state index contributed by atoms with van der Waals surface area (Å²) in [6, 6.07) is -0.395. The molecule has 1 heterocycles. The summed E-state index contributed by atoms with van der Waals surface area (Å²) in [5.74, 6) is 0.200. The molecule has 0 aromatic carbocycles. The van der Waals surface area contributed by atoms with Crippen LogP contribution in [0.1, 0.15) is 33.1 Å². The van der Waals surface area contributed by atoms with Gasteiger partial charge in [0.1, 0.15) is 0 Å². The molecule has 16 heavy (non-hydrogen) atoms. The van der Waals surface area contributed by atoms with Crippen LogP contribution in [0.3, 0.4) is 0 Å². The maximum absolute atomic E-state index is 11.9. The number of hydrogen-bond donors (Lipinski definition) is 1. The Morgan fingerprint density at radius 3 is 2.69 bits per heavy atom. The van der Waals surface area contributed by atoms with E-state index >= 15 is 0 Å². The molecule has 1 fully saturated rings. The Labute approximate surface area is 98.1 Å². The summed E-state index contributed by atoms with van der Waals surface area (Å²) >= 11 is 0. The third-order valence-corrected chi connectivity index (χ3v) is 3.13. The molecule has 1 aliphatic rings. The molecule has 1 unspecified atom stereocenters. The number of likely N-dealkylation sites (N-methyl/N-ethyl adjacent to an activating group) is 1. The first-order chi connectivity index (χ1) is 7.52. The average molecular weight is 228 g/mol. The molecule has 1 amide bonds. The highest BCUT2D eigenvalue weighted by Gasteiger charge is 2.24. The zero-order chi connectivity index (χ0) is 12.1. The highest BCUT2D eigenvalue weighted by Crippen LogP contribution is 2.14. The summed E-state index contributed by atoms with van der Waals surface area (Å²) in [7, 11) is 1.81. The number of carbonyl (C=O) groups is 1. The molecule has 0 aromatic heterocycles. The van der Waals surface area contributed by atoms with Crippen molar-refractivity contribution in [2.45, 2.75) is 45.3 Å². The molecule has 0 spiro atoms. The van der Waals surface area contributed by atoms with Gasteiger partial charge >= 0.3 is 0 Å². The molecule has 4 heteroatoms. The van der Waals surface area contributed by atoms with Crippen molar-refractivity contribution in [1.82, 2.24) is 4.90 Å². The monoisotopic (exact) mass is 228 g/mol. The van der Waals surface area contributed by atoms with Crippen LogP contribution in [0.4, 0.5) is 0 Å². The Morgan fingerprint density at radius 1 is 1.50 bits per heavy atom. The van der Waals surface area contributed by atoms with Crippen molar-refractivity contribution in [2.75, 3.05) is 20.2 Å². The van der Waals surface area contributed by atoms with Crippen LogP contribution in [-0.4, -0.2) is 43.2 Å². The van der Waals surface area contributed by atoms with Crippen LogP contribution in [0.5, 0.6) is 0 Å². The molecule has 0 aliphatic carbocycles. The van der Waals surface area contributed by atoms with E-state index in [1.807, 2.05) is 20.9 Å². The summed E-state index contributed by atoms with van der Waals surface area (Å²) in [4.78, 5) is 13.6. The minimum absolute atomic E-state index is 0.0178. The van der Waals surface area contributed by atoms with Crippen molar-refractivity contribution in [1.29, 1.82) is 0 Å². The minimum atomic E-state index is -0.395. The number of amides is 1. The quantitative estimate of drug-likeness (QED) is 0.781. The second-order valence-corrected chi connectivity index (χ2v) is 4.98. The van der Waals surface area contributed by atoms with Gasteiger partial charge in [-0.15, -0.1) is 0 Å². The molecular weight excluding hydrogens is 204 g/mol. The lowest BCUT2D eigenvalue weighted by Gasteiger charge is -2.29. The molecule has 1 saturated heterocycles. The van der Waals surface area contributed by atoms with Crippen molar-refractivity contribution < 1.29 is 9.53 Å². The Hall–Kier alpha value is -0.610. The molecular formula is C12H24N2O2. The molecule has 0 bridgehead atoms. The molecule has 2 atom stereocenters. The Morgan fingerprint density at radius 2 is 2.19 bits per heavy atom. The zero-order valence-corrected chi connectivity index (χ0v) is 10.6. The number of hydrogen-bond acceptors (Lipinski definition) is 3. The summed E-state index contributed by atoms with van der Waals surface area (Å²) < 4.78 is 5.60. The van der Waals surface area contributed by atoms with Crippen LogP contribution < -0.4 is 5.73 Å². The largest absolute Gasteiger partial charge is 0.376 e. The van der Waals surface area contributed by atoms with Gasteiger partial charge in [-0.1, -0.05) is 13.8 Å². The third-order valence-electron chi connectivity index (χ3n) is 3.13. The van der Waals surface area contributed by atoms with Crippen LogP contribution in [0.2, 0.25) is 0 Å². The SMILES string of the molecule is CC(C)[C@H](N)C(=O)N(C)CC1CCCCO1. The van der Waals surface area contributed by atoms with Crippen molar-refractivity contribution >= 4 is 5.91 Å². The zero-order valence-electron chi connectivity index (χ0n) is 10.6. The first-order valence-corrected chi connectivity index (χ1v) is 6.14. The lowest BCUT2D eigenvalue weighted by molar-refractivity contribution is -0.134. The van der Waals surface area contributed by atoms with Crippen LogP contribution in [0, 0.1) is 5.92 Å². The van der Waals surface area contributed by atoms with Gasteiger partial charge in [-0.25, -0.2) is 0 Å². The number of ether oxygens (including phenoxy) is 1. The van der Waals surface area contributed by atoms with Crippen LogP contribution in [-0.2, 0) is 9.53 Å². The van der Waals surface area contributed by atoms with Crippen LogP contribution in [0.25, 0.3) is 0 Å². The van der Waals surface area contributed by atoms with Gasteiger partial charge in [-0.05, 0) is 25.2 Å². The van der Waals surface area contributed by atoms with Crippen molar-refractivity contribution in [3.05, 3.63) is 0 Å². The van der Waals surface area contributed by atoms with E-state index in [4.69, 9.17) is 10.5 Å². The van der Waals surface area contributed by atoms with Crippen molar-refractivity contribution in [3.8, 4) is 0 Å². The van der Waals surface area contributed by atoms with Gasteiger partial charge in [0.05, 0.1) is 12.1 Å². The van der Waals surface area contributed by atoms with E-state index in [9.17, 15) is 4.79 Å². The molecule has 0 radical (unpaired) electrons. The second kappa shape index (κ2) is 6.21. The maximum atomic E-state index is 11.9. The van der Waals surface area contributed by atoms with Crippen molar-refractivity contribution in [2.24, 2.45) is 11.7 Å². The minimum Gasteiger partial charge on any atom is -0.376 e. The summed E-state index contributed by atoms with van der Waals surface area (Å²) in [6.07, 6.45) is 3.58. The fraction of sp³-hybridized carbons (Fsp3) is 0.917. The number of nitrogens with two attached hydrogens (primary N) is 1. The summed E-state index contributed by atoms with van der Waals surface area (Å²) in [5, 5.41) is 0. The number of nitrogens with zero attached hydrogens (tertiary/aromatic N) is 1. The fourth-order valence-corrected chi connectivity index (χ4v) is 1.89. The van der Waals surface area contributed by atoms with E-state index in [1.165, 1.54) is 6.42 Å². The molecule has 1 rings (SSSR count). The number of carbonyl (C=O) groups excluding carboxylic acids is 1. The Bertz CT molecular complexity index is 225. The molecule has 1 aliphatic heterocycles. The molecule has 0 saturated carbocycles. The maximum Gasteiger partial charge on any atom is 0.239 e. The van der Waals surface area contributed by atoms with E-state index in [1.54, 1.807) is 4.90 Å².